The highest BCUT2D eigenvalue weighted by Gasteiger charge is 2.15. The molecular weight excluding hydrogens is 274 g/mol. The molecule has 0 aliphatic heterocycles. The SMILES string of the molecule is Cc1nn(CCCS(C)(=O)=O)c(C)c1CNC(C)(C)C. The smallest absolute Gasteiger partial charge is 0.147 e. The van der Waals surface area contributed by atoms with Gasteiger partial charge in [-0.3, -0.25) is 4.68 Å². The molecule has 0 aliphatic rings. The molecule has 1 N–H and O–H groups in total. The van der Waals surface area contributed by atoms with Gasteiger partial charge in [-0.1, -0.05) is 0 Å². The van der Waals surface area contributed by atoms with Gasteiger partial charge in [0.2, 0.25) is 0 Å². The second-order valence-corrected chi connectivity index (χ2v) is 8.72. The van der Waals surface area contributed by atoms with Crippen LogP contribution in [0.25, 0.3) is 0 Å². The summed E-state index contributed by atoms with van der Waals surface area (Å²) in [6, 6.07) is 0. The molecule has 0 saturated carbocycles. The molecule has 0 amide bonds. The van der Waals surface area contributed by atoms with Gasteiger partial charge in [0.25, 0.3) is 0 Å². The maximum absolute atomic E-state index is 11.2. The standard InChI is InChI=1S/C14H27N3O2S/c1-11-13(10-15-14(3,4)5)12(2)17(16-11)8-7-9-20(6,18)19/h15H,7-10H2,1-6H3. The monoisotopic (exact) mass is 301 g/mol. The van der Waals surface area contributed by atoms with E-state index in [2.05, 4.69) is 31.2 Å². The highest BCUT2D eigenvalue weighted by atomic mass is 32.2. The molecule has 0 radical (unpaired) electrons. The third-order valence-corrected chi connectivity index (χ3v) is 4.24. The number of aromatic nitrogens is 2. The van der Waals surface area contributed by atoms with Gasteiger partial charge in [-0.05, 0) is 41.0 Å². The Morgan fingerprint density at radius 1 is 1.25 bits per heavy atom. The minimum Gasteiger partial charge on any atom is -0.308 e. The fourth-order valence-corrected chi connectivity index (χ4v) is 2.69. The summed E-state index contributed by atoms with van der Waals surface area (Å²) in [4.78, 5) is 0. The Hall–Kier alpha value is -0.880. The molecule has 116 valence electrons. The Balaban J connectivity index is 2.71. The summed E-state index contributed by atoms with van der Waals surface area (Å²) in [6.07, 6.45) is 1.87. The lowest BCUT2D eigenvalue weighted by Gasteiger charge is -2.20. The van der Waals surface area contributed by atoms with Crippen LogP contribution in [0.4, 0.5) is 0 Å². The fraction of sp³-hybridized carbons (Fsp3) is 0.786. The zero-order chi connectivity index (χ0) is 15.6. The van der Waals surface area contributed by atoms with Crippen LogP contribution in [0, 0.1) is 13.8 Å². The number of aryl methyl sites for hydroxylation is 2. The highest BCUT2D eigenvalue weighted by Crippen LogP contribution is 2.15. The molecule has 0 aromatic carbocycles. The molecule has 5 nitrogen and oxygen atoms in total. The van der Waals surface area contributed by atoms with Crippen molar-refractivity contribution in [2.24, 2.45) is 0 Å². The van der Waals surface area contributed by atoms with Crippen molar-refractivity contribution in [2.75, 3.05) is 12.0 Å². The average molecular weight is 301 g/mol. The van der Waals surface area contributed by atoms with Crippen LogP contribution < -0.4 is 5.32 Å². The van der Waals surface area contributed by atoms with E-state index < -0.39 is 9.84 Å². The topological polar surface area (TPSA) is 64.0 Å². The first-order valence-corrected chi connectivity index (χ1v) is 9.01. The quantitative estimate of drug-likeness (QED) is 0.870. The molecule has 0 saturated heterocycles. The molecular formula is C14H27N3O2S. The summed E-state index contributed by atoms with van der Waals surface area (Å²) in [7, 11) is -2.89. The normalized spacial score (nSPS) is 12.9. The molecule has 0 bridgehead atoms. The zero-order valence-corrected chi connectivity index (χ0v) is 14.3. The van der Waals surface area contributed by atoms with Gasteiger partial charge in [-0.2, -0.15) is 5.10 Å². The van der Waals surface area contributed by atoms with Crippen molar-refractivity contribution in [1.29, 1.82) is 0 Å². The molecule has 1 heterocycles. The van der Waals surface area contributed by atoms with Gasteiger partial charge in [0.1, 0.15) is 9.84 Å². The summed E-state index contributed by atoms with van der Waals surface area (Å²) in [5.41, 5.74) is 3.41. The molecule has 1 aromatic rings. The van der Waals surface area contributed by atoms with Crippen LogP contribution >= 0.6 is 0 Å². The average Bonchev–Trinajstić information content (AvgIpc) is 2.49. The molecule has 20 heavy (non-hydrogen) atoms. The van der Waals surface area contributed by atoms with Gasteiger partial charge in [0.05, 0.1) is 11.4 Å². The van der Waals surface area contributed by atoms with Crippen LogP contribution in [0.5, 0.6) is 0 Å². The van der Waals surface area contributed by atoms with Crippen molar-refractivity contribution in [1.82, 2.24) is 15.1 Å². The minimum absolute atomic E-state index is 0.0667. The van der Waals surface area contributed by atoms with Crippen molar-refractivity contribution in [2.45, 2.75) is 59.7 Å². The van der Waals surface area contributed by atoms with E-state index in [0.717, 1.165) is 17.9 Å². The van der Waals surface area contributed by atoms with Gasteiger partial charge in [-0.15, -0.1) is 0 Å². The maximum atomic E-state index is 11.2. The lowest BCUT2D eigenvalue weighted by molar-refractivity contribution is 0.423. The van der Waals surface area contributed by atoms with Crippen molar-refractivity contribution in [3.8, 4) is 0 Å². The Labute approximate surface area is 122 Å². The number of hydrogen-bond acceptors (Lipinski definition) is 4. The number of rotatable bonds is 6. The van der Waals surface area contributed by atoms with Crippen molar-refractivity contribution < 1.29 is 8.42 Å². The van der Waals surface area contributed by atoms with Gasteiger partial charge < -0.3 is 5.32 Å². The second kappa shape index (κ2) is 6.26. The predicted molar refractivity (Wildman–Crippen MR) is 82.6 cm³/mol. The first-order valence-electron chi connectivity index (χ1n) is 6.95. The van der Waals surface area contributed by atoms with Crippen molar-refractivity contribution in [3.05, 3.63) is 17.0 Å². The van der Waals surface area contributed by atoms with E-state index in [1.165, 1.54) is 11.8 Å². The lowest BCUT2D eigenvalue weighted by atomic mass is 10.1. The molecule has 0 atom stereocenters. The van der Waals surface area contributed by atoms with Crippen LogP contribution in [0.2, 0.25) is 0 Å². The molecule has 0 spiro atoms. The van der Waals surface area contributed by atoms with Gasteiger partial charge in [-0.25, -0.2) is 8.42 Å². The zero-order valence-electron chi connectivity index (χ0n) is 13.4. The van der Waals surface area contributed by atoms with Gasteiger partial charge >= 0.3 is 0 Å². The molecule has 1 rings (SSSR count). The first-order chi connectivity index (χ1) is 8.99. The minimum atomic E-state index is -2.89. The van der Waals surface area contributed by atoms with E-state index in [-0.39, 0.29) is 11.3 Å². The van der Waals surface area contributed by atoms with E-state index in [0.29, 0.717) is 13.0 Å². The molecule has 0 unspecified atom stereocenters. The summed E-state index contributed by atoms with van der Waals surface area (Å²) in [5, 5.41) is 7.98. The van der Waals surface area contributed by atoms with Gasteiger partial charge in [0, 0.05) is 36.1 Å². The number of nitrogens with one attached hydrogen (secondary N) is 1. The van der Waals surface area contributed by atoms with E-state index in [1.807, 2.05) is 18.5 Å². The number of sulfone groups is 1. The lowest BCUT2D eigenvalue weighted by Crippen LogP contribution is -2.35. The molecule has 6 heteroatoms. The first kappa shape index (κ1) is 17.2. The number of hydrogen-bond donors (Lipinski definition) is 1. The Morgan fingerprint density at radius 2 is 1.85 bits per heavy atom. The van der Waals surface area contributed by atoms with Crippen molar-refractivity contribution >= 4 is 9.84 Å². The van der Waals surface area contributed by atoms with Crippen LogP contribution in [-0.2, 0) is 22.9 Å². The van der Waals surface area contributed by atoms with Crippen LogP contribution in [0.3, 0.4) is 0 Å². The van der Waals surface area contributed by atoms with Crippen LogP contribution in [0.1, 0.15) is 44.1 Å². The fourth-order valence-electron chi connectivity index (χ4n) is 2.04. The van der Waals surface area contributed by atoms with E-state index >= 15 is 0 Å². The van der Waals surface area contributed by atoms with Gasteiger partial charge in [0.15, 0.2) is 0 Å². The summed E-state index contributed by atoms with van der Waals surface area (Å²) >= 11 is 0. The highest BCUT2D eigenvalue weighted by molar-refractivity contribution is 7.90. The third kappa shape index (κ3) is 5.63. The van der Waals surface area contributed by atoms with E-state index in [1.54, 1.807) is 0 Å². The van der Waals surface area contributed by atoms with Crippen molar-refractivity contribution in [3.63, 3.8) is 0 Å². The van der Waals surface area contributed by atoms with E-state index in [9.17, 15) is 8.42 Å². The number of nitrogens with zero attached hydrogens (tertiary/aromatic N) is 2. The molecule has 0 aliphatic carbocycles. The largest absolute Gasteiger partial charge is 0.308 e. The van der Waals surface area contributed by atoms with E-state index in [4.69, 9.17) is 0 Å². The summed E-state index contributed by atoms with van der Waals surface area (Å²) < 4.78 is 24.2. The summed E-state index contributed by atoms with van der Waals surface area (Å²) in [6.45, 7) is 11.9. The maximum Gasteiger partial charge on any atom is 0.147 e. The predicted octanol–water partition coefficient (Wildman–Crippen LogP) is 1.82. The Morgan fingerprint density at radius 3 is 2.35 bits per heavy atom. The Kier molecular flexibility index (Phi) is 5.38. The third-order valence-electron chi connectivity index (χ3n) is 3.21. The molecule has 0 fully saturated rings. The summed E-state index contributed by atoms with van der Waals surface area (Å²) in [5.74, 6) is 0.209. The second-order valence-electron chi connectivity index (χ2n) is 6.46. The van der Waals surface area contributed by atoms with Crippen LogP contribution in [0.15, 0.2) is 0 Å². The van der Waals surface area contributed by atoms with Crippen LogP contribution in [-0.4, -0.2) is 35.7 Å². The Bertz CT molecular complexity index is 554. The molecule has 1 aromatic heterocycles.